The number of hydrogen-bond acceptors (Lipinski definition) is 5. The van der Waals surface area contributed by atoms with Crippen molar-refractivity contribution in [3.63, 3.8) is 0 Å². The molecule has 1 aliphatic heterocycles. The lowest BCUT2D eigenvalue weighted by molar-refractivity contribution is 0.0665. The summed E-state index contributed by atoms with van der Waals surface area (Å²) in [6, 6.07) is 5.58. The molecule has 2 unspecified atom stereocenters. The van der Waals surface area contributed by atoms with E-state index in [1.165, 1.54) is 7.11 Å². The molecule has 0 bridgehead atoms. The van der Waals surface area contributed by atoms with Crippen LogP contribution in [0.25, 0.3) is 0 Å². The molecule has 6 nitrogen and oxygen atoms in total. The fourth-order valence-corrected chi connectivity index (χ4v) is 5.30. The minimum Gasteiger partial charge on any atom is -0.495 e. The summed E-state index contributed by atoms with van der Waals surface area (Å²) in [6.45, 7) is 8.65. The summed E-state index contributed by atoms with van der Waals surface area (Å²) in [5.74, 6) is 0.397. The molecule has 0 spiro atoms. The number of methoxy groups -OCH3 is 2. The van der Waals surface area contributed by atoms with E-state index in [9.17, 15) is 8.42 Å². The van der Waals surface area contributed by atoms with Crippen molar-refractivity contribution in [3.8, 4) is 5.75 Å². The van der Waals surface area contributed by atoms with E-state index in [0.29, 0.717) is 18.8 Å². The molecule has 1 aromatic rings. The zero-order valence-electron chi connectivity index (χ0n) is 15.9. The van der Waals surface area contributed by atoms with Crippen molar-refractivity contribution in [3.05, 3.63) is 23.8 Å². The Bertz CT molecular complexity index is 666. The number of rotatable bonds is 7. The van der Waals surface area contributed by atoms with Gasteiger partial charge >= 0.3 is 0 Å². The largest absolute Gasteiger partial charge is 0.495 e. The minimum atomic E-state index is -3.58. The van der Waals surface area contributed by atoms with Gasteiger partial charge in [0.05, 0.1) is 7.11 Å². The topological polar surface area (TPSA) is 59.1 Å². The SMILES string of the molecule is COCCCN1C(C)CN(S(=O)(=O)c2cc(C)ccc2OC)CC1C. The summed E-state index contributed by atoms with van der Waals surface area (Å²) >= 11 is 0. The fraction of sp³-hybridized carbons (Fsp3) is 0.667. The molecule has 1 aromatic carbocycles. The van der Waals surface area contributed by atoms with Crippen LogP contribution in [0.2, 0.25) is 0 Å². The average molecular weight is 371 g/mol. The van der Waals surface area contributed by atoms with Gasteiger partial charge in [0.1, 0.15) is 10.6 Å². The van der Waals surface area contributed by atoms with Gasteiger partial charge in [-0.25, -0.2) is 8.42 Å². The summed E-state index contributed by atoms with van der Waals surface area (Å²) in [6.07, 6.45) is 0.948. The van der Waals surface area contributed by atoms with Gasteiger partial charge in [0.15, 0.2) is 0 Å². The molecule has 0 radical (unpaired) electrons. The molecule has 2 rings (SSSR count). The highest BCUT2D eigenvalue weighted by Gasteiger charge is 2.37. The highest BCUT2D eigenvalue weighted by molar-refractivity contribution is 7.89. The first kappa shape index (κ1) is 20.2. The molecule has 1 saturated heterocycles. The van der Waals surface area contributed by atoms with Crippen molar-refractivity contribution >= 4 is 10.0 Å². The normalized spacial score (nSPS) is 22.9. The maximum Gasteiger partial charge on any atom is 0.246 e. The van der Waals surface area contributed by atoms with Gasteiger partial charge in [-0.1, -0.05) is 6.07 Å². The first-order valence-electron chi connectivity index (χ1n) is 8.70. The van der Waals surface area contributed by atoms with Crippen molar-refractivity contribution in [2.75, 3.05) is 40.5 Å². The Morgan fingerprint density at radius 2 is 1.80 bits per heavy atom. The second kappa shape index (κ2) is 8.49. The molecular formula is C18H30N2O4S. The van der Waals surface area contributed by atoms with E-state index in [0.717, 1.165) is 25.1 Å². The maximum absolute atomic E-state index is 13.2. The van der Waals surface area contributed by atoms with Crippen LogP contribution < -0.4 is 4.74 Å². The van der Waals surface area contributed by atoms with Crippen LogP contribution in [0.15, 0.2) is 23.1 Å². The van der Waals surface area contributed by atoms with Crippen LogP contribution in [0.1, 0.15) is 25.8 Å². The first-order chi connectivity index (χ1) is 11.8. The standard InChI is InChI=1S/C18H30N2O4S/c1-14-7-8-17(24-5)18(11-14)25(21,22)19-12-15(2)20(16(3)13-19)9-6-10-23-4/h7-8,11,15-16H,6,9-10,12-13H2,1-5H3. The lowest BCUT2D eigenvalue weighted by Crippen LogP contribution is -2.58. The van der Waals surface area contributed by atoms with Crippen molar-refractivity contribution in [1.29, 1.82) is 0 Å². The quantitative estimate of drug-likeness (QED) is 0.688. The van der Waals surface area contributed by atoms with Crippen LogP contribution in [-0.2, 0) is 14.8 Å². The van der Waals surface area contributed by atoms with E-state index in [2.05, 4.69) is 18.7 Å². The molecule has 25 heavy (non-hydrogen) atoms. The summed E-state index contributed by atoms with van der Waals surface area (Å²) in [5, 5.41) is 0. The number of hydrogen-bond donors (Lipinski definition) is 0. The number of piperazine rings is 1. The van der Waals surface area contributed by atoms with Crippen LogP contribution in [0, 0.1) is 6.92 Å². The molecular weight excluding hydrogens is 340 g/mol. The number of benzene rings is 1. The maximum atomic E-state index is 13.2. The summed E-state index contributed by atoms with van der Waals surface area (Å²) < 4.78 is 38.4. The van der Waals surface area contributed by atoms with Crippen LogP contribution in [0.4, 0.5) is 0 Å². The van der Waals surface area contributed by atoms with Gasteiger partial charge in [-0.2, -0.15) is 4.31 Å². The van der Waals surface area contributed by atoms with E-state index in [1.54, 1.807) is 23.5 Å². The van der Waals surface area contributed by atoms with Crippen LogP contribution in [0.5, 0.6) is 5.75 Å². The van der Waals surface area contributed by atoms with Gasteiger partial charge in [-0.15, -0.1) is 0 Å². The molecule has 0 amide bonds. The van der Waals surface area contributed by atoms with E-state index in [1.807, 2.05) is 13.0 Å². The zero-order chi connectivity index (χ0) is 18.6. The summed E-state index contributed by atoms with van der Waals surface area (Å²) in [7, 11) is -0.381. The second-order valence-electron chi connectivity index (χ2n) is 6.76. The molecule has 2 atom stereocenters. The zero-order valence-corrected chi connectivity index (χ0v) is 16.7. The summed E-state index contributed by atoms with van der Waals surface area (Å²) in [5.41, 5.74) is 0.902. The van der Waals surface area contributed by atoms with Crippen LogP contribution in [-0.4, -0.2) is 70.2 Å². The predicted octanol–water partition coefficient (Wildman–Crippen LogP) is 2.12. The third-order valence-corrected chi connectivity index (χ3v) is 6.62. The molecule has 142 valence electrons. The number of aryl methyl sites for hydroxylation is 1. The van der Waals surface area contributed by atoms with Crippen LogP contribution in [0.3, 0.4) is 0 Å². The Labute approximate surface area is 151 Å². The lowest BCUT2D eigenvalue weighted by Gasteiger charge is -2.43. The molecule has 0 N–H and O–H groups in total. The van der Waals surface area contributed by atoms with Gasteiger partial charge in [-0.3, -0.25) is 4.90 Å². The molecule has 0 aliphatic carbocycles. The molecule has 1 fully saturated rings. The lowest BCUT2D eigenvalue weighted by atomic mass is 10.1. The van der Waals surface area contributed by atoms with Crippen molar-refractivity contribution < 1.29 is 17.9 Å². The van der Waals surface area contributed by atoms with Gasteiger partial charge in [0.25, 0.3) is 0 Å². The Morgan fingerprint density at radius 3 is 2.36 bits per heavy atom. The molecule has 1 heterocycles. The van der Waals surface area contributed by atoms with Gasteiger partial charge < -0.3 is 9.47 Å². The van der Waals surface area contributed by atoms with Crippen molar-refractivity contribution in [1.82, 2.24) is 9.21 Å². The highest BCUT2D eigenvalue weighted by Crippen LogP contribution is 2.30. The van der Waals surface area contributed by atoms with E-state index < -0.39 is 10.0 Å². The van der Waals surface area contributed by atoms with E-state index in [4.69, 9.17) is 9.47 Å². The predicted molar refractivity (Wildman–Crippen MR) is 98.6 cm³/mol. The Morgan fingerprint density at radius 1 is 1.16 bits per heavy atom. The minimum absolute atomic E-state index is 0.159. The summed E-state index contributed by atoms with van der Waals surface area (Å²) in [4.78, 5) is 2.61. The van der Waals surface area contributed by atoms with Crippen molar-refractivity contribution in [2.45, 2.75) is 44.2 Å². The Kier molecular flexibility index (Phi) is 6.85. The Hall–Kier alpha value is -1.15. The van der Waals surface area contributed by atoms with Crippen molar-refractivity contribution in [2.24, 2.45) is 0 Å². The first-order valence-corrected chi connectivity index (χ1v) is 10.1. The van der Waals surface area contributed by atoms with E-state index in [-0.39, 0.29) is 17.0 Å². The smallest absolute Gasteiger partial charge is 0.246 e. The number of sulfonamides is 1. The second-order valence-corrected chi connectivity index (χ2v) is 8.66. The van der Waals surface area contributed by atoms with Gasteiger partial charge in [-0.05, 0) is 44.9 Å². The third kappa shape index (κ3) is 4.53. The van der Waals surface area contributed by atoms with E-state index >= 15 is 0 Å². The third-order valence-electron chi connectivity index (χ3n) is 4.77. The monoisotopic (exact) mass is 370 g/mol. The highest BCUT2D eigenvalue weighted by atomic mass is 32.2. The fourth-order valence-electron chi connectivity index (χ4n) is 3.46. The number of nitrogens with zero attached hydrogens (tertiary/aromatic N) is 2. The Balaban J connectivity index is 2.21. The molecule has 7 heteroatoms. The molecule has 0 saturated carbocycles. The van der Waals surface area contributed by atoms with Gasteiger partial charge in [0.2, 0.25) is 10.0 Å². The molecule has 1 aliphatic rings. The average Bonchev–Trinajstić information content (AvgIpc) is 2.57. The van der Waals surface area contributed by atoms with Crippen LogP contribution >= 0.6 is 0 Å². The molecule has 0 aromatic heterocycles. The number of ether oxygens (including phenoxy) is 2. The van der Waals surface area contributed by atoms with Gasteiger partial charge in [0, 0.05) is 45.4 Å².